The molecule has 0 bridgehead atoms. The van der Waals surface area contributed by atoms with E-state index in [0.717, 1.165) is 48.1 Å². The second kappa shape index (κ2) is 14.0. The summed E-state index contributed by atoms with van der Waals surface area (Å²) in [5, 5.41) is 14.1. The number of aromatic nitrogens is 2. The van der Waals surface area contributed by atoms with Gasteiger partial charge in [-0.1, -0.05) is 73.5 Å². The number of carbonyl (C=O) groups is 2. The largest absolute Gasteiger partial charge is 0.382 e. The van der Waals surface area contributed by atoms with E-state index in [1.807, 2.05) is 41.0 Å². The van der Waals surface area contributed by atoms with Gasteiger partial charge in [0.15, 0.2) is 17.3 Å². The molecular formula is C26H30ClN7O5. The van der Waals surface area contributed by atoms with Crippen molar-refractivity contribution < 1.29 is 19.5 Å². The molecule has 0 radical (unpaired) electrons. The molecule has 0 aliphatic rings. The van der Waals surface area contributed by atoms with Crippen molar-refractivity contribution >= 4 is 29.6 Å². The smallest absolute Gasteiger partial charge is 0.294 e. The second-order valence-electron chi connectivity index (χ2n) is 8.64. The molecule has 0 saturated heterocycles. The first-order valence-electron chi connectivity index (χ1n) is 12.3. The van der Waals surface area contributed by atoms with Crippen LogP contribution in [0.2, 0.25) is 5.15 Å². The minimum atomic E-state index is -0.926. The fourth-order valence-electron chi connectivity index (χ4n) is 3.93. The average Bonchev–Trinajstić information content (AvgIpc) is 3.23. The van der Waals surface area contributed by atoms with Crippen LogP contribution in [-0.2, 0) is 22.6 Å². The highest BCUT2D eigenvalue weighted by molar-refractivity contribution is 6.31. The van der Waals surface area contributed by atoms with E-state index >= 15 is 0 Å². The molecule has 1 aromatic heterocycles. The summed E-state index contributed by atoms with van der Waals surface area (Å²) in [6, 6.07) is 15.0. The first-order chi connectivity index (χ1) is 18.7. The number of amidine groups is 1. The Labute approximate surface area is 230 Å². The number of rotatable bonds is 14. The first-order valence-corrected chi connectivity index (χ1v) is 12.7. The number of hydrazone groups is 1. The maximum absolute atomic E-state index is 12.2. The van der Waals surface area contributed by atoms with Crippen LogP contribution in [0.25, 0.3) is 11.1 Å². The van der Waals surface area contributed by atoms with Crippen LogP contribution in [0.4, 0.5) is 0 Å². The molecule has 3 aromatic rings. The fraction of sp³-hybridized carbons (Fsp3) is 0.308. The van der Waals surface area contributed by atoms with E-state index in [2.05, 4.69) is 21.8 Å². The van der Waals surface area contributed by atoms with Gasteiger partial charge in [-0.05, 0) is 29.5 Å². The summed E-state index contributed by atoms with van der Waals surface area (Å²) >= 11 is 6.20. The molecule has 1 heterocycles. The van der Waals surface area contributed by atoms with Gasteiger partial charge in [-0.3, -0.25) is 9.59 Å². The third-order valence-electron chi connectivity index (χ3n) is 5.92. The summed E-state index contributed by atoms with van der Waals surface area (Å²) in [4.78, 5) is 42.6. The van der Waals surface area contributed by atoms with Gasteiger partial charge in [-0.2, -0.15) is 5.12 Å². The molecule has 13 heteroatoms. The number of amides is 1. The van der Waals surface area contributed by atoms with Crippen molar-refractivity contribution in [2.24, 2.45) is 16.7 Å². The standard InChI is InChI=1S/C26H30ClN7O5/c1-2-3-9-23-30-25(27)22(17-35)32(23)16-18-11-13-19(14-12-18)20-7-4-5-8-21(20)26(28)31-33(29)24(36)10-6-15-39-34(37)38/h4-5,7-8,11-14,17H,2-3,6,9-10,15-16,29H2,1H3,(H2,28,31). The van der Waals surface area contributed by atoms with Gasteiger partial charge in [0.2, 0.25) is 0 Å². The van der Waals surface area contributed by atoms with Crippen LogP contribution in [0.3, 0.4) is 0 Å². The van der Waals surface area contributed by atoms with Crippen LogP contribution < -0.4 is 11.6 Å². The second-order valence-corrected chi connectivity index (χ2v) is 9.00. The summed E-state index contributed by atoms with van der Waals surface area (Å²) in [5.74, 6) is 5.97. The number of nitrogens with two attached hydrogens (primary N) is 2. The minimum Gasteiger partial charge on any atom is -0.382 e. The molecule has 2 aromatic carbocycles. The number of hydrogen-bond donors (Lipinski definition) is 2. The fourth-order valence-corrected chi connectivity index (χ4v) is 4.17. The number of halogens is 1. The van der Waals surface area contributed by atoms with Crippen LogP contribution in [0.1, 0.15) is 60.0 Å². The first kappa shape index (κ1) is 29.3. The van der Waals surface area contributed by atoms with E-state index in [1.165, 1.54) is 0 Å². The molecular weight excluding hydrogens is 526 g/mol. The van der Waals surface area contributed by atoms with Gasteiger partial charge in [0.1, 0.15) is 11.5 Å². The Kier molecular flexibility index (Phi) is 10.5. The highest BCUT2D eigenvalue weighted by Gasteiger charge is 2.16. The molecule has 0 saturated carbocycles. The van der Waals surface area contributed by atoms with Crippen molar-refractivity contribution in [2.45, 2.75) is 45.6 Å². The maximum atomic E-state index is 12.2. The molecule has 0 spiro atoms. The summed E-state index contributed by atoms with van der Waals surface area (Å²) in [7, 11) is 0. The molecule has 0 atom stereocenters. The zero-order valence-corrected chi connectivity index (χ0v) is 22.2. The van der Waals surface area contributed by atoms with Gasteiger partial charge < -0.3 is 15.1 Å². The van der Waals surface area contributed by atoms with Crippen molar-refractivity contribution in [1.82, 2.24) is 14.7 Å². The lowest BCUT2D eigenvalue weighted by molar-refractivity contribution is -0.757. The van der Waals surface area contributed by atoms with Gasteiger partial charge in [-0.15, -0.1) is 15.2 Å². The Morgan fingerprint density at radius 1 is 1.23 bits per heavy atom. The number of hydrazine groups is 1. The van der Waals surface area contributed by atoms with Crippen LogP contribution in [0.15, 0.2) is 53.6 Å². The number of aryl methyl sites for hydroxylation is 1. The number of imidazole rings is 1. The molecule has 3 rings (SSSR count). The molecule has 0 aliphatic heterocycles. The lowest BCUT2D eigenvalue weighted by atomic mass is 9.98. The average molecular weight is 556 g/mol. The van der Waals surface area contributed by atoms with E-state index < -0.39 is 11.0 Å². The molecule has 1 amide bonds. The van der Waals surface area contributed by atoms with Crippen LogP contribution in [0, 0.1) is 10.1 Å². The van der Waals surface area contributed by atoms with Gasteiger partial charge in [-0.25, -0.2) is 10.8 Å². The SMILES string of the molecule is CCCCc1nc(Cl)c(C=O)n1Cc1ccc(-c2ccccc2/C(N)=N/N(N)C(=O)CCCO[N+](=O)[O-])cc1. The molecule has 4 N–H and O–H groups in total. The lowest BCUT2D eigenvalue weighted by Gasteiger charge is -2.14. The van der Waals surface area contributed by atoms with E-state index in [0.29, 0.717) is 22.9 Å². The van der Waals surface area contributed by atoms with Gasteiger partial charge in [0, 0.05) is 24.9 Å². The molecule has 0 unspecified atom stereocenters. The van der Waals surface area contributed by atoms with Crippen molar-refractivity contribution in [1.29, 1.82) is 0 Å². The highest BCUT2D eigenvalue weighted by Crippen LogP contribution is 2.25. The molecule has 0 fully saturated rings. The highest BCUT2D eigenvalue weighted by atomic mass is 35.5. The Morgan fingerprint density at radius 3 is 2.62 bits per heavy atom. The quantitative estimate of drug-likeness (QED) is 0.0442. The van der Waals surface area contributed by atoms with Crippen molar-refractivity contribution in [3.8, 4) is 11.1 Å². The molecule has 206 valence electrons. The minimum absolute atomic E-state index is 0.0244. The Morgan fingerprint density at radius 2 is 1.95 bits per heavy atom. The number of benzene rings is 2. The van der Waals surface area contributed by atoms with E-state index in [4.69, 9.17) is 23.2 Å². The normalized spacial score (nSPS) is 11.3. The van der Waals surface area contributed by atoms with Gasteiger partial charge in [0.25, 0.3) is 11.0 Å². The van der Waals surface area contributed by atoms with Crippen LogP contribution in [0.5, 0.6) is 0 Å². The molecule has 39 heavy (non-hydrogen) atoms. The van der Waals surface area contributed by atoms with Crippen molar-refractivity contribution in [3.05, 3.63) is 86.4 Å². The van der Waals surface area contributed by atoms with Gasteiger partial charge in [0.05, 0.1) is 6.61 Å². The summed E-state index contributed by atoms with van der Waals surface area (Å²) in [5.41, 5.74) is 9.69. The zero-order valence-electron chi connectivity index (χ0n) is 21.5. The van der Waals surface area contributed by atoms with E-state index in [-0.39, 0.29) is 30.4 Å². The number of nitrogens with zero attached hydrogens (tertiary/aromatic N) is 5. The van der Waals surface area contributed by atoms with Gasteiger partial charge >= 0.3 is 0 Å². The predicted octanol–water partition coefficient (Wildman–Crippen LogP) is 3.72. The Hall–Kier alpha value is -4.29. The number of hydrogen-bond acceptors (Lipinski definition) is 8. The zero-order chi connectivity index (χ0) is 28.4. The number of carbonyl (C=O) groups excluding carboxylic acids is 2. The van der Waals surface area contributed by atoms with E-state index in [1.54, 1.807) is 12.1 Å². The van der Waals surface area contributed by atoms with Crippen LogP contribution in [-0.4, -0.2) is 44.4 Å². The maximum Gasteiger partial charge on any atom is 0.294 e. The summed E-state index contributed by atoms with van der Waals surface area (Å²) in [6.45, 7) is 2.30. The topological polar surface area (TPSA) is 172 Å². The summed E-state index contributed by atoms with van der Waals surface area (Å²) < 4.78 is 1.84. The van der Waals surface area contributed by atoms with E-state index in [9.17, 15) is 19.7 Å². The molecule has 0 aliphatic carbocycles. The monoisotopic (exact) mass is 555 g/mol. The summed E-state index contributed by atoms with van der Waals surface area (Å²) in [6.07, 6.45) is 3.39. The number of aldehydes is 1. The predicted molar refractivity (Wildman–Crippen MR) is 146 cm³/mol. The number of unbranched alkanes of at least 4 members (excludes halogenated alkanes) is 1. The Balaban J connectivity index is 1.77. The third kappa shape index (κ3) is 7.85. The molecule has 12 nitrogen and oxygen atoms in total. The Bertz CT molecular complexity index is 1340. The van der Waals surface area contributed by atoms with Crippen molar-refractivity contribution in [2.75, 3.05) is 6.61 Å². The third-order valence-corrected chi connectivity index (χ3v) is 6.20. The van der Waals surface area contributed by atoms with Crippen molar-refractivity contribution in [3.63, 3.8) is 0 Å². The lowest BCUT2D eigenvalue weighted by Crippen LogP contribution is -2.35. The van der Waals surface area contributed by atoms with Crippen LogP contribution >= 0.6 is 11.6 Å².